The lowest BCUT2D eigenvalue weighted by Gasteiger charge is -2.32. The van der Waals surface area contributed by atoms with E-state index in [2.05, 4.69) is 29.6 Å². The highest BCUT2D eigenvalue weighted by Gasteiger charge is 2.23. The fraction of sp³-hybridized carbons (Fsp3) is 0.529. The third-order valence-corrected chi connectivity index (χ3v) is 4.16. The van der Waals surface area contributed by atoms with Crippen molar-refractivity contribution in [2.75, 3.05) is 19.6 Å². The number of piperidine rings is 1. The fourth-order valence-corrected chi connectivity index (χ4v) is 2.77. The molecule has 0 aromatic heterocycles. The molecule has 0 aliphatic carbocycles. The number of nitrogens with zero attached hydrogens (tertiary/aromatic N) is 1. The lowest BCUT2D eigenvalue weighted by atomic mass is 9.90. The molecule has 0 bridgehead atoms. The number of nitrogens with one attached hydrogen (secondary N) is 1. The molecule has 1 heterocycles. The van der Waals surface area contributed by atoms with Gasteiger partial charge in [-0.1, -0.05) is 30.3 Å². The minimum Gasteiger partial charge on any atom is -0.346 e. The van der Waals surface area contributed by atoms with Gasteiger partial charge in [0, 0.05) is 13.1 Å². The fourth-order valence-electron chi connectivity index (χ4n) is 2.77. The van der Waals surface area contributed by atoms with Crippen molar-refractivity contribution in [1.29, 1.82) is 0 Å². The zero-order valence-electron chi connectivity index (χ0n) is 13.5. The van der Waals surface area contributed by atoms with Crippen LogP contribution in [-0.4, -0.2) is 42.4 Å². The number of hydrogen-bond donors (Lipinski definition) is 2. The average molecular weight is 340 g/mol. The first-order chi connectivity index (χ1) is 10.6. The van der Waals surface area contributed by atoms with Crippen LogP contribution in [0, 0.1) is 5.92 Å². The quantitative estimate of drug-likeness (QED) is 0.850. The van der Waals surface area contributed by atoms with Gasteiger partial charge >= 0.3 is 0 Å². The van der Waals surface area contributed by atoms with Gasteiger partial charge in [-0.25, -0.2) is 0 Å². The second-order valence-electron chi connectivity index (χ2n) is 6.02. The van der Waals surface area contributed by atoms with Crippen LogP contribution < -0.4 is 11.1 Å². The number of carbonyl (C=O) groups is 2. The van der Waals surface area contributed by atoms with Crippen LogP contribution in [0.25, 0.3) is 0 Å². The minimum atomic E-state index is -0.579. The Morgan fingerprint density at radius 2 is 1.87 bits per heavy atom. The summed E-state index contributed by atoms with van der Waals surface area (Å²) in [6, 6.07) is 9.89. The van der Waals surface area contributed by atoms with Gasteiger partial charge in [0.1, 0.15) is 0 Å². The van der Waals surface area contributed by atoms with Crippen LogP contribution in [0.4, 0.5) is 0 Å². The largest absolute Gasteiger partial charge is 0.346 e. The molecule has 0 radical (unpaired) electrons. The van der Waals surface area contributed by atoms with Gasteiger partial charge in [-0.05, 0) is 37.7 Å². The summed E-state index contributed by atoms with van der Waals surface area (Å²) in [4.78, 5) is 25.3. The van der Waals surface area contributed by atoms with E-state index in [4.69, 9.17) is 5.73 Å². The number of rotatable bonds is 5. The van der Waals surface area contributed by atoms with Crippen LogP contribution in [0.1, 0.15) is 25.3 Å². The Hall–Kier alpha value is -1.59. The Bertz CT molecular complexity index is 500. The molecule has 23 heavy (non-hydrogen) atoms. The molecule has 2 rings (SSSR count). The Morgan fingerprint density at radius 1 is 1.26 bits per heavy atom. The van der Waals surface area contributed by atoms with Gasteiger partial charge in [0.25, 0.3) is 0 Å². The highest BCUT2D eigenvalue weighted by molar-refractivity contribution is 5.87. The van der Waals surface area contributed by atoms with Crippen molar-refractivity contribution in [1.82, 2.24) is 10.2 Å². The van der Waals surface area contributed by atoms with E-state index in [1.807, 2.05) is 11.0 Å². The highest BCUT2D eigenvalue weighted by Crippen LogP contribution is 2.21. The SMILES string of the molecule is C[C@H](N)C(=O)NCC(=O)N1CCC(Cc2ccccc2)CC1.Cl. The maximum atomic E-state index is 12.1. The van der Waals surface area contributed by atoms with Crippen molar-refractivity contribution >= 4 is 24.2 Å². The molecule has 1 aromatic carbocycles. The van der Waals surface area contributed by atoms with Gasteiger partial charge in [0.05, 0.1) is 12.6 Å². The summed E-state index contributed by atoms with van der Waals surface area (Å²) in [5, 5.41) is 2.58. The topological polar surface area (TPSA) is 75.4 Å². The number of carbonyl (C=O) groups excluding carboxylic acids is 2. The molecule has 0 unspecified atom stereocenters. The highest BCUT2D eigenvalue weighted by atomic mass is 35.5. The maximum Gasteiger partial charge on any atom is 0.241 e. The molecule has 3 N–H and O–H groups in total. The van der Waals surface area contributed by atoms with E-state index in [0.29, 0.717) is 5.92 Å². The number of hydrogen-bond acceptors (Lipinski definition) is 3. The Kier molecular flexibility index (Phi) is 8.06. The molecule has 2 amide bonds. The van der Waals surface area contributed by atoms with Gasteiger partial charge < -0.3 is 16.0 Å². The summed E-state index contributed by atoms with van der Waals surface area (Å²) in [5.41, 5.74) is 6.81. The van der Waals surface area contributed by atoms with Crippen LogP contribution in [-0.2, 0) is 16.0 Å². The van der Waals surface area contributed by atoms with Gasteiger partial charge in [-0.2, -0.15) is 0 Å². The first kappa shape index (κ1) is 19.5. The Balaban J connectivity index is 0.00000264. The van der Waals surface area contributed by atoms with Crippen molar-refractivity contribution < 1.29 is 9.59 Å². The van der Waals surface area contributed by atoms with Gasteiger partial charge in [0.15, 0.2) is 0 Å². The monoisotopic (exact) mass is 339 g/mol. The van der Waals surface area contributed by atoms with Crippen molar-refractivity contribution in [2.24, 2.45) is 11.7 Å². The lowest BCUT2D eigenvalue weighted by Crippen LogP contribution is -2.47. The van der Waals surface area contributed by atoms with Crippen LogP contribution in [0.2, 0.25) is 0 Å². The molecule has 1 aromatic rings. The molecule has 1 aliphatic rings. The lowest BCUT2D eigenvalue weighted by molar-refractivity contribution is -0.134. The summed E-state index contributed by atoms with van der Waals surface area (Å²) in [5.74, 6) is 0.324. The second kappa shape index (κ2) is 9.53. The number of nitrogens with two attached hydrogens (primary N) is 1. The molecule has 1 fully saturated rings. The predicted molar refractivity (Wildman–Crippen MR) is 93.4 cm³/mol. The molecular formula is C17H26ClN3O2. The maximum absolute atomic E-state index is 12.1. The summed E-state index contributed by atoms with van der Waals surface area (Å²) >= 11 is 0. The van der Waals surface area contributed by atoms with E-state index in [1.165, 1.54) is 5.56 Å². The molecule has 5 nitrogen and oxygen atoms in total. The van der Waals surface area contributed by atoms with Crippen LogP contribution in [0.5, 0.6) is 0 Å². The van der Waals surface area contributed by atoms with E-state index in [0.717, 1.165) is 32.4 Å². The van der Waals surface area contributed by atoms with Crippen LogP contribution >= 0.6 is 12.4 Å². The molecule has 128 valence electrons. The van der Waals surface area contributed by atoms with Crippen LogP contribution in [0.15, 0.2) is 30.3 Å². The summed E-state index contributed by atoms with van der Waals surface area (Å²) < 4.78 is 0. The number of halogens is 1. The third-order valence-electron chi connectivity index (χ3n) is 4.16. The van der Waals surface area contributed by atoms with Gasteiger partial charge in [0.2, 0.25) is 11.8 Å². The zero-order chi connectivity index (χ0) is 15.9. The van der Waals surface area contributed by atoms with Crippen LogP contribution in [0.3, 0.4) is 0 Å². The molecular weight excluding hydrogens is 314 g/mol. The van der Waals surface area contributed by atoms with Crippen molar-refractivity contribution in [3.63, 3.8) is 0 Å². The Labute approximate surface area is 144 Å². The van der Waals surface area contributed by atoms with Crippen molar-refractivity contribution in [2.45, 2.75) is 32.2 Å². The average Bonchev–Trinajstić information content (AvgIpc) is 2.54. The normalized spacial score (nSPS) is 16.3. The number of benzene rings is 1. The first-order valence-corrected chi connectivity index (χ1v) is 7.91. The molecule has 0 spiro atoms. The summed E-state index contributed by atoms with van der Waals surface area (Å²) in [7, 11) is 0. The number of amides is 2. The van der Waals surface area contributed by atoms with E-state index in [-0.39, 0.29) is 30.8 Å². The van der Waals surface area contributed by atoms with Gasteiger partial charge in [-0.3, -0.25) is 9.59 Å². The van der Waals surface area contributed by atoms with Crippen molar-refractivity contribution in [3.05, 3.63) is 35.9 Å². The zero-order valence-corrected chi connectivity index (χ0v) is 14.3. The third kappa shape index (κ3) is 6.20. The second-order valence-corrected chi connectivity index (χ2v) is 6.02. The molecule has 1 aliphatic heterocycles. The predicted octanol–water partition coefficient (Wildman–Crippen LogP) is 1.35. The van der Waals surface area contributed by atoms with E-state index in [1.54, 1.807) is 6.92 Å². The minimum absolute atomic E-state index is 0. The molecule has 6 heteroatoms. The first-order valence-electron chi connectivity index (χ1n) is 7.91. The molecule has 0 saturated carbocycles. The standard InChI is InChI=1S/C17H25N3O2.ClH/c1-13(18)17(22)19-12-16(21)20-9-7-15(8-10-20)11-14-5-3-2-4-6-14;/h2-6,13,15H,7-12,18H2,1H3,(H,19,22);1H/t13-;/m0./s1. The smallest absolute Gasteiger partial charge is 0.241 e. The van der Waals surface area contributed by atoms with Gasteiger partial charge in [-0.15, -0.1) is 12.4 Å². The molecule has 1 atom stereocenters. The van der Waals surface area contributed by atoms with Crippen molar-refractivity contribution in [3.8, 4) is 0 Å². The molecule has 1 saturated heterocycles. The van der Waals surface area contributed by atoms with E-state index in [9.17, 15) is 9.59 Å². The summed E-state index contributed by atoms with van der Waals surface area (Å²) in [6.07, 6.45) is 3.11. The van der Waals surface area contributed by atoms with E-state index < -0.39 is 6.04 Å². The van der Waals surface area contributed by atoms with E-state index >= 15 is 0 Å². The summed E-state index contributed by atoms with van der Waals surface area (Å²) in [6.45, 7) is 3.19. The Morgan fingerprint density at radius 3 is 2.43 bits per heavy atom. The number of likely N-dealkylation sites (tertiary alicyclic amines) is 1.